The van der Waals surface area contributed by atoms with Gasteiger partial charge in [-0.2, -0.15) is 0 Å². The van der Waals surface area contributed by atoms with Gasteiger partial charge in [0.1, 0.15) is 12.4 Å². The number of benzene rings is 1. The van der Waals surface area contributed by atoms with Crippen LogP contribution in [0.1, 0.15) is 10.4 Å². The molecular formula is C10H11FN2O3. The first-order chi connectivity index (χ1) is 7.54. The quantitative estimate of drug-likeness (QED) is 0.784. The number of carbonyl (C=O) groups excluding carboxylic acids is 2. The molecule has 0 saturated heterocycles. The van der Waals surface area contributed by atoms with Crippen LogP contribution in [0, 0.1) is 5.82 Å². The molecule has 0 saturated carbocycles. The Kier molecular flexibility index (Phi) is 3.96. The molecule has 0 aliphatic carbocycles. The molecule has 0 aliphatic heterocycles. The summed E-state index contributed by atoms with van der Waals surface area (Å²) in [5.41, 5.74) is 4.98. The van der Waals surface area contributed by atoms with Gasteiger partial charge in [0.25, 0.3) is 5.91 Å². The third-order valence-electron chi connectivity index (χ3n) is 1.79. The number of amides is 2. The number of hydrogen-bond donors (Lipinski definition) is 2. The minimum Gasteiger partial charge on any atom is -0.375 e. The largest absolute Gasteiger partial charge is 0.375 e. The second-order valence-electron chi connectivity index (χ2n) is 3.04. The highest BCUT2D eigenvalue weighted by Crippen LogP contribution is 2.14. The lowest BCUT2D eigenvalue weighted by Crippen LogP contribution is -2.18. The van der Waals surface area contributed by atoms with Gasteiger partial charge in [-0.25, -0.2) is 4.39 Å². The second-order valence-corrected chi connectivity index (χ2v) is 3.04. The molecule has 0 aromatic heterocycles. The van der Waals surface area contributed by atoms with Crippen molar-refractivity contribution in [2.24, 2.45) is 5.73 Å². The van der Waals surface area contributed by atoms with Crippen LogP contribution in [0.5, 0.6) is 0 Å². The summed E-state index contributed by atoms with van der Waals surface area (Å²) in [4.78, 5) is 22.0. The van der Waals surface area contributed by atoms with Gasteiger partial charge in [0.15, 0.2) is 0 Å². The molecule has 1 rings (SSSR count). The molecule has 0 aliphatic rings. The summed E-state index contributed by atoms with van der Waals surface area (Å²) in [5.74, 6) is -2.01. The van der Waals surface area contributed by atoms with Crippen LogP contribution in [-0.2, 0) is 9.53 Å². The van der Waals surface area contributed by atoms with Crippen LogP contribution in [0.25, 0.3) is 0 Å². The Labute approximate surface area is 91.4 Å². The van der Waals surface area contributed by atoms with Gasteiger partial charge in [0, 0.05) is 12.8 Å². The van der Waals surface area contributed by atoms with Crippen molar-refractivity contribution in [3.05, 3.63) is 29.6 Å². The topological polar surface area (TPSA) is 81.4 Å². The first kappa shape index (κ1) is 12.1. The van der Waals surface area contributed by atoms with E-state index in [-0.39, 0.29) is 17.9 Å². The van der Waals surface area contributed by atoms with Crippen LogP contribution < -0.4 is 11.1 Å². The fourth-order valence-corrected chi connectivity index (χ4v) is 1.12. The smallest absolute Gasteiger partial charge is 0.251 e. The highest BCUT2D eigenvalue weighted by atomic mass is 19.1. The number of carbonyl (C=O) groups is 2. The standard InChI is InChI=1S/C10H11FN2O3/c1-16-5-9(14)13-6-2-3-8(11)7(4-6)10(12)15/h2-4H,5H2,1H3,(H2,12,15)(H,13,14). The van der Waals surface area contributed by atoms with Gasteiger partial charge in [-0.15, -0.1) is 0 Å². The number of primary amides is 1. The number of ether oxygens (including phenoxy) is 1. The minimum atomic E-state index is -0.889. The van der Waals surface area contributed by atoms with Gasteiger partial charge in [-0.3, -0.25) is 9.59 Å². The third-order valence-corrected chi connectivity index (χ3v) is 1.79. The molecule has 3 N–H and O–H groups in total. The van der Waals surface area contributed by atoms with E-state index in [9.17, 15) is 14.0 Å². The maximum Gasteiger partial charge on any atom is 0.251 e. The molecular weight excluding hydrogens is 215 g/mol. The number of hydrogen-bond acceptors (Lipinski definition) is 3. The van der Waals surface area contributed by atoms with Gasteiger partial charge >= 0.3 is 0 Å². The lowest BCUT2D eigenvalue weighted by Gasteiger charge is -2.06. The average Bonchev–Trinajstić information content (AvgIpc) is 2.21. The fourth-order valence-electron chi connectivity index (χ4n) is 1.12. The number of rotatable bonds is 4. The molecule has 5 nitrogen and oxygen atoms in total. The van der Waals surface area contributed by atoms with Gasteiger partial charge < -0.3 is 15.8 Å². The van der Waals surface area contributed by atoms with Crippen LogP contribution in [0.3, 0.4) is 0 Å². The molecule has 0 radical (unpaired) electrons. The van der Waals surface area contributed by atoms with Crippen LogP contribution in [-0.4, -0.2) is 25.5 Å². The van der Waals surface area contributed by atoms with Gasteiger partial charge in [0.05, 0.1) is 5.56 Å². The zero-order valence-corrected chi connectivity index (χ0v) is 8.62. The van der Waals surface area contributed by atoms with Gasteiger partial charge in [-0.05, 0) is 18.2 Å². The molecule has 1 aromatic carbocycles. The monoisotopic (exact) mass is 226 g/mol. The Balaban J connectivity index is 2.87. The number of anilines is 1. The predicted molar refractivity (Wildman–Crippen MR) is 55.4 cm³/mol. The van der Waals surface area contributed by atoms with Crippen molar-refractivity contribution in [1.29, 1.82) is 0 Å². The highest BCUT2D eigenvalue weighted by Gasteiger charge is 2.10. The summed E-state index contributed by atoms with van der Waals surface area (Å²) < 4.78 is 17.7. The van der Waals surface area contributed by atoms with Crippen molar-refractivity contribution < 1.29 is 18.7 Å². The molecule has 0 fully saturated rings. The van der Waals surface area contributed by atoms with Crippen molar-refractivity contribution in [3.8, 4) is 0 Å². The lowest BCUT2D eigenvalue weighted by molar-refractivity contribution is -0.119. The number of nitrogens with one attached hydrogen (secondary N) is 1. The molecule has 1 aromatic rings. The summed E-state index contributed by atoms with van der Waals surface area (Å²) in [6.45, 7) is -0.122. The van der Waals surface area contributed by atoms with Crippen molar-refractivity contribution in [2.45, 2.75) is 0 Å². The SMILES string of the molecule is COCC(=O)Nc1ccc(F)c(C(N)=O)c1. The lowest BCUT2D eigenvalue weighted by atomic mass is 10.2. The van der Waals surface area contributed by atoms with Gasteiger partial charge in [0.2, 0.25) is 5.91 Å². The molecule has 6 heteroatoms. The van der Waals surface area contributed by atoms with E-state index in [2.05, 4.69) is 10.1 Å². The predicted octanol–water partition coefficient (Wildman–Crippen LogP) is 0.510. The Morgan fingerprint density at radius 1 is 1.50 bits per heavy atom. The van der Waals surface area contributed by atoms with Crippen LogP contribution in [0.4, 0.5) is 10.1 Å². The van der Waals surface area contributed by atoms with Crippen molar-refractivity contribution in [1.82, 2.24) is 0 Å². The molecule has 86 valence electrons. The average molecular weight is 226 g/mol. The second kappa shape index (κ2) is 5.22. The Morgan fingerprint density at radius 3 is 2.75 bits per heavy atom. The van der Waals surface area contributed by atoms with E-state index in [0.717, 1.165) is 6.07 Å². The van der Waals surface area contributed by atoms with Gasteiger partial charge in [-0.1, -0.05) is 0 Å². The van der Waals surface area contributed by atoms with E-state index in [0.29, 0.717) is 0 Å². The molecule has 0 unspecified atom stereocenters. The van der Waals surface area contributed by atoms with Crippen molar-refractivity contribution >= 4 is 17.5 Å². The summed E-state index contributed by atoms with van der Waals surface area (Å²) in [5, 5.41) is 2.43. The first-order valence-corrected chi connectivity index (χ1v) is 4.42. The summed E-state index contributed by atoms with van der Waals surface area (Å²) in [6, 6.07) is 3.56. The summed E-state index contributed by atoms with van der Waals surface area (Å²) in [7, 11) is 1.37. The zero-order valence-electron chi connectivity index (χ0n) is 8.62. The Morgan fingerprint density at radius 2 is 2.19 bits per heavy atom. The maximum atomic E-state index is 13.1. The fraction of sp³-hybridized carbons (Fsp3) is 0.200. The number of methoxy groups -OCH3 is 1. The molecule has 0 atom stereocenters. The van der Waals surface area contributed by atoms with E-state index < -0.39 is 17.6 Å². The third kappa shape index (κ3) is 3.03. The van der Waals surface area contributed by atoms with Crippen LogP contribution >= 0.6 is 0 Å². The van der Waals surface area contributed by atoms with E-state index in [1.54, 1.807) is 0 Å². The van der Waals surface area contributed by atoms with Crippen molar-refractivity contribution in [2.75, 3.05) is 19.0 Å². The van der Waals surface area contributed by atoms with Crippen LogP contribution in [0.15, 0.2) is 18.2 Å². The summed E-state index contributed by atoms with van der Waals surface area (Å²) in [6.07, 6.45) is 0. The molecule has 0 heterocycles. The number of nitrogens with two attached hydrogens (primary N) is 1. The highest BCUT2D eigenvalue weighted by molar-refractivity contribution is 5.96. The van der Waals surface area contributed by atoms with Crippen LogP contribution in [0.2, 0.25) is 0 Å². The molecule has 2 amide bonds. The van der Waals surface area contributed by atoms with E-state index in [1.165, 1.54) is 19.2 Å². The normalized spacial score (nSPS) is 9.88. The molecule has 0 bridgehead atoms. The van der Waals surface area contributed by atoms with E-state index >= 15 is 0 Å². The molecule has 16 heavy (non-hydrogen) atoms. The van der Waals surface area contributed by atoms with Crippen molar-refractivity contribution in [3.63, 3.8) is 0 Å². The number of halogens is 1. The maximum absolute atomic E-state index is 13.1. The summed E-state index contributed by atoms with van der Waals surface area (Å²) >= 11 is 0. The Bertz CT molecular complexity index is 421. The molecule has 0 spiro atoms. The van der Waals surface area contributed by atoms with E-state index in [1.807, 2.05) is 0 Å². The van der Waals surface area contributed by atoms with E-state index in [4.69, 9.17) is 5.73 Å². The Hall–Kier alpha value is -1.95. The zero-order chi connectivity index (χ0) is 12.1. The minimum absolute atomic E-state index is 0.122. The first-order valence-electron chi connectivity index (χ1n) is 4.42.